The van der Waals surface area contributed by atoms with Crippen LogP contribution in [0, 0.1) is 18.2 Å². The van der Waals surface area contributed by atoms with E-state index in [-0.39, 0.29) is 23.9 Å². The fraction of sp³-hybridized carbons (Fsp3) is 0.412. The zero-order valence-electron chi connectivity index (χ0n) is 13.0. The molecule has 1 aromatic carbocycles. The molecule has 0 aliphatic carbocycles. The molecule has 7 heteroatoms. The monoisotopic (exact) mass is 328 g/mol. The lowest BCUT2D eigenvalue weighted by Gasteiger charge is -2.12. The van der Waals surface area contributed by atoms with Gasteiger partial charge in [-0.3, -0.25) is 9.59 Å². The minimum Gasteiger partial charge on any atom is -0.356 e. The number of terminal acetylenes is 1. The molecule has 2 N–H and O–H groups in total. The molecule has 3 rings (SSSR count). The van der Waals surface area contributed by atoms with Crippen LogP contribution in [0.3, 0.4) is 0 Å². The van der Waals surface area contributed by atoms with E-state index in [1.807, 2.05) is 0 Å². The van der Waals surface area contributed by atoms with Crippen LogP contribution in [-0.4, -0.2) is 24.0 Å². The van der Waals surface area contributed by atoms with E-state index in [0.717, 1.165) is 0 Å². The predicted molar refractivity (Wildman–Crippen MR) is 85.7 cm³/mol. The lowest BCUT2D eigenvalue weighted by molar-refractivity contribution is -0.125. The Bertz CT molecular complexity index is 747. The van der Waals surface area contributed by atoms with E-state index in [0.29, 0.717) is 31.4 Å². The van der Waals surface area contributed by atoms with E-state index in [9.17, 15) is 14.0 Å². The second-order valence-corrected chi connectivity index (χ2v) is 5.94. The Kier molecular flexibility index (Phi) is 4.30. The van der Waals surface area contributed by atoms with E-state index in [1.54, 1.807) is 6.07 Å². The summed E-state index contributed by atoms with van der Waals surface area (Å²) >= 11 is 0. The highest BCUT2D eigenvalue weighted by atomic mass is 19.1. The third kappa shape index (κ3) is 3.27. The number of carbonyl (C=O) groups excluding carboxylic acids is 2. The van der Waals surface area contributed by atoms with Gasteiger partial charge in [-0.05, 0) is 11.6 Å². The maximum Gasteiger partial charge on any atom is 0.232 e. The minimum atomic E-state index is -0.665. The summed E-state index contributed by atoms with van der Waals surface area (Å²) in [6, 6.07) is 4.47. The van der Waals surface area contributed by atoms with Crippen molar-refractivity contribution < 1.29 is 14.0 Å². The smallest absolute Gasteiger partial charge is 0.232 e. The van der Waals surface area contributed by atoms with E-state index >= 15 is 0 Å². The van der Waals surface area contributed by atoms with Crippen LogP contribution in [0.2, 0.25) is 0 Å². The average molecular weight is 328 g/mol. The molecular formula is C17H17FN4O2. The van der Waals surface area contributed by atoms with Gasteiger partial charge in [-0.2, -0.15) is 10.2 Å². The summed E-state index contributed by atoms with van der Waals surface area (Å²) in [5.74, 6) is 0.770. The van der Waals surface area contributed by atoms with Crippen molar-refractivity contribution in [2.75, 3.05) is 11.9 Å². The van der Waals surface area contributed by atoms with Gasteiger partial charge in [-0.1, -0.05) is 12.1 Å². The summed E-state index contributed by atoms with van der Waals surface area (Å²) in [7, 11) is 0. The molecule has 2 heterocycles. The summed E-state index contributed by atoms with van der Waals surface area (Å²) in [6.07, 6.45) is 7.06. The molecule has 1 atom stereocenters. The van der Waals surface area contributed by atoms with Gasteiger partial charge in [-0.25, -0.2) is 4.39 Å². The molecule has 0 fully saturated rings. The highest BCUT2D eigenvalue weighted by Crippen LogP contribution is 2.37. The van der Waals surface area contributed by atoms with Crippen LogP contribution in [0.15, 0.2) is 28.4 Å². The SMILES string of the molecule is C#CCCC1(CCNC(=O)CC2C(=O)Nc3c(F)cccc32)N=N1. The van der Waals surface area contributed by atoms with E-state index in [1.165, 1.54) is 12.1 Å². The van der Waals surface area contributed by atoms with Crippen molar-refractivity contribution >= 4 is 17.5 Å². The van der Waals surface area contributed by atoms with Crippen LogP contribution in [0.4, 0.5) is 10.1 Å². The van der Waals surface area contributed by atoms with Gasteiger partial charge >= 0.3 is 0 Å². The molecule has 0 saturated heterocycles. The first-order valence-corrected chi connectivity index (χ1v) is 7.78. The van der Waals surface area contributed by atoms with Gasteiger partial charge in [0.1, 0.15) is 5.82 Å². The first kappa shape index (κ1) is 16.1. The molecule has 2 aliphatic rings. The zero-order chi connectivity index (χ0) is 17.2. The third-order valence-corrected chi connectivity index (χ3v) is 4.28. The zero-order valence-corrected chi connectivity index (χ0v) is 13.0. The van der Waals surface area contributed by atoms with Crippen molar-refractivity contribution in [3.8, 4) is 12.3 Å². The average Bonchev–Trinajstić information content (AvgIpc) is 3.25. The minimum absolute atomic E-state index is 0.0199. The molecule has 6 nitrogen and oxygen atoms in total. The van der Waals surface area contributed by atoms with Crippen molar-refractivity contribution in [1.82, 2.24) is 5.32 Å². The summed E-state index contributed by atoms with van der Waals surface area (Å²) in [5, 5.41) is 13.2. The number of benzene rings is 1. The van der Waals surface area contributed by atoms with Crippen molar-refractivity contribution in [3.05, 3.63) is 29.6 Å². The Morgan fingerprint density at radius 1 is 1.42 bits per heavy atom. The lowest BCUT2D eigenvalue weighted by Crippen LogP contribution is -2.30. The molecule has 24 heavy (non-hydrogen) atoms. The Labute approximate surface area is 138 Å². The Morgan fingerprint density at radius 2 is 2.21 bits per heavy atom. The first-order valence-electron chi connectivity index (χ1n) is 7.78. The summed E-state index contributed by atoms with van der Waals surface area (Å²) < 4.78 is 13.7. The summed E-state index contributed by atoms with van der Waals surface area (Å²) in [5.41, 5.74) is 0.247. The van der Waals surface area contributed by atoms with Gasteiger partial charge in [0.2, 0.25) is 11.8 Å². The number of nitrogens with one attached hydrogen (secondary N) is 2. The molecule has 0 saturated carbocycles. The quantitative estimate of drug-likeness (QED) is 0.753. The van der Waals surface area contributed by atoms with Crippen molar-refractivity contribution in [2.24, 2.45) is 10.2 Å². The van der Waals surface area contributed by atoms with Gasteiger partial charge in [0.15, 0.2) is 5.66 Å². The highest BCUT2D eigenvalue weighted by molar-refractivity contribution is 6.05. The predicted octanol–water partition coefficient (Wildman–Crippen LogP) is 2.33. The van der Waals surface area contributed by atoms with Crippen LogP contribution in [0.5, 0.6) is 0 Å². The molecule has 1 unspecified atom stereocenters. The number of anilines is 1. The molecule has 2 aliphatic heterocycles. The van der Waals surface area contributed by atoms with Crippen molar-refractivity contribution in [3.63, 3.8) is 0 Å². The fourth-order valence-electron chi connectivity index (χ4n) is 2.85. The third-order valence-electron chi connectivity index (χ3n) is 4.28. The summed E-state index contributed by atoms with van der Waals surface area (Å²) in [6.45, 7) is 0.404. The van der Waals surface area contributed by atoms with Crippen molar-refractivity contribution in [2.45, 2.75) is 37.3 Å². The van der Waals surface area contributed by atoms with Crippen LogP contribution in [0.25, 0.3) is 0 Å². The maximum atomic E-state index is 13.7. The summed E-state index contributed by atoms with van der Waals surface area (Å²) in [4.78, 5) is 24.1. The Balaban J connectivity index is 1.51. The molecule has 0 radical (unpaired) electrons. The number of hydrogen-bond acceptors (Lipinski definition) is 4. The highest BCUT2D eigenvalue weighted by Gasteiger charge is 2.39. The number of carbonyl (C=O) groups is 2. The van der Waals surface area contributed by atoms with Gasteiger partial charge < -0.3 is 10.6 Å². The number of para-hydroxylation sites is 1. The number of hydrogen-bond donors (Lipinski definition) is 2. The number of rotatable bonds is 7. The number of amides is 2. The molecule has 0 aromatic heterocycles. The lowest BCUT2D eigenvalue weighted by atomic mass is 9.96. The number of halogens is 1. The number of fused-ring (bicyclic) bond motifs is 1. The largest absolute Gasteiger partial charge is 0.356 e. The van der Waals surface area contributed by atoms with E-state index in [2.05, 4.69) is 26.8 Å². The van der Waals surface area contributed by atoms with Crippen LogP contribution >= 0.6 is 0 Å². The Hall–Kier alpha value is -2.75. The normalized spacial score (nSPS) is 19.3. The van der Waals surface area contributed by atoms with Gasteiger partial charge in [0, 0.05) is 32.2 Å². The molecule has 124 valence electrons. The standard InChI is InChI=1S/C17H17FN4O2/c1-2-3-7-17(21-22-17)8-9-19-14(23)10-12-11-5-4-6-13(18)15(11)20-16(12)24/h1,4-6,12H,3,7-10H2,(H,19,23)(H,20,24). The fourth-order valence-corrected chi connectivity index (χ4v) is 2.85. The van der Waals surface area contributed by atoms with Crippen LogP contribution in [0.1, 0.15) is 37.2 Å². The van der Waals surface area contributed by atoms with Gasteiger partial charge in [-0.15, -0.1) is 12.3 Å². The van der Waals surface area contributed by atoms with E-state index in [4.69, 9.17) is 6.42 Å². The van der Waals surface area contributed by atoms with Crippen molar-refractivity contribution in [1.29, 1.82) is 0 Å². The second kappa shape index (κ2) is 6.40. The first-order chi connectivity index (χ1) is 11.5. The van der Waals surface area contributed by atoms with E-state index < -0.39 is 17.4 Å². The van der Waals surface area contributed by atoms with Gasteiger partial charge in [0.25, 0.3) is 0 Å². The molecule has 2 amide bonds. The van der Waals surface area contributed by atoms with Crippen LogP contribution in [-0.2, 0) is 9.59 Å². The van der Waals surface area contributed by atoms with Gasteiger partial charge in [0.05, 0.1) is 11.6 Å². The molecule has 0 bridgehead atoms. The number of nitrogens with zero attached hydrogens (tertiary/aromatic N) is 2. The Morgan fingerprint density at radius 3 is 2.92 bits per heavy atom. The molecular weight excluding hydrogens is 311 g/mol. The van der Waals surface area contributed by atoms with Crippen LogP contribution < -0.4 is 10.6 Å². The molecule has 0 spiro atoms. The molecule has 1 aromatic rings. The second-order valence-electron chi connectivity index (χ2n) is 5.94. The maximum absolute atomic E-state index is 13.7. The topological polar surface area (TPSA) is 82.9 Å².